The van der Waals surface area contributed by atoms with E-state index in [9.17, 15) is 8.42 Å². The van der Waals surface area contributed by atoms with Gasteiger partial charge in [-0.2, -0.15) is 5.10 Å². The second-order valence-corrected chi connectivity index (χ2v) is 8.77. The van der Waals surface area contributed by atoms with Gasteiger partial charge in [0.15, 0.2) is 5.96 Å². The molecule has 0 spiro atoms. The van der Waals surface area contributed by atoms with Gasteiger partial charge in [-0.1, -0.05) is 0 Å². The third kappa shape index (κ3) is 5.10. The number of nitrogens with zero attached hydrogens (tertiary/aromatic N) is 5. The molecule has 0 radical (unpaired) electrons. The second kappa shape index (κ2) is 9.36. The van der Waals surface area contributed by atoms with Gasteiger partial charge in [-0.25, -0.2) is 12.7 Å². The minimum atomic E-state index is -3.04. The molecule has 8 nitrogen and oxygen atoms in total. The topological polar surface area (TPSA) is 82.8 Å². The predicted molar refractivity (Wildman–Crippen MR) is 114 cm³/mol. The molecule has 2 fully saturated rings. The lowest BCUT2D eigenvalue weighted by Gasteiger charge is -2.22. The fraction of sp³-hybridized carbons (Fsp3) is 0.750. The van der Waals surface area contributed by atoms with Crippen molar-refractivity contribution >= 4 is 40.0 Å². The van der Waals surface area contributed by atoms with Crippen LogP contribution in [0.3, 0.4) is 0 Å². The largest absolute Gasteiger partial charge is 0.357 e. The summed E-state index contributed by atoms with van der Waals surface area (Å²) in [6.45, 7) is 6.31. The van der Waals surface area contributed by atoms with Crippen molar-refractivity contribution in [2.75, 3.05) is 45.0 Å². The molecule has 1 atom stereocenters. The number of sulfonamides is 1. The highest BCUT2D eigenvalue weighted by molar-refractivity contribution is 14.0. The van der Waals surface area contributed by atoms with Gasteiger partial charge in [0.05, 0.1) is 18.5 Å². The lowest BCUT2D eigenvalue weighted by atomic mass is 10.0. The molecule has 1 aromatic heterocycles. The summed E-state index contributed by atoms with van der Waals surface area (Å²) in [6, 6.07) is 0. The molecule has 3 heterocycles. The molecule has 2 saturated heterocycles. The summed E-state index contributed by atoms with van der Waals surface area (Å²) in [5.41, 5.74) is 1.27. The minimum Gasteiger partial charge on any atom is -0.357 e. The van der Waals surface area contributed by atoms with Crippen LogP contribution in [0.4, 0.5) is 0 Å². The first-order chi connectivity index (χ1) is 12.0. The molecule has 3 rings (SSSR count). The molecule has 1 N–H and O–H groups in total. The molecule has 0 aliphatic carbocycles. The zero-order chi connectivity index (χ0) is 17.9. The van der Waals surface area contributed by atoms with Gasteiger partial charge in [-0.05, 0) is 25.3 Å². The smallest absolute Gasteiger partial charge is 0.214 e. The summed E-state index contributed by atoms with van der Waals surface area (Å²) in [5, 5.41) is 7.60. The highest BCUT2D eigenvalue weighted by atomic mass is 127. The van der Waals surface area contributed by atoms with Gasteiger partial charge < -0.3 is 10.2 Å². The highest BCUT2D eigenvalue weighted by Gasteiger charge is 2.29. The lowest BCUT2D eigenvalue weighted by Crippen LogP contribution is -2.40. The van der Waals surface area contributed by atoms with Crippen LogP contribution >= 0.6 is 24.0 Å². The Balaban J connectivity index is 0.00000243. The van der Waals surface area contributed by atoms with E-state index < -0.39 is 10.0 Å². The van der Waals surface area contributed by atoms with Gasteiger partial charge in [0.25, 0.3) is 0 Å². The molecule has 0 amide bonds. The summed E-state index contributed by atoms with van der Waals surface area (Å²) in [6.07, 6.45) is 5.83. The van der Waals surface area contributed by atoms with Gasteiger partial charge in [0, 0.05) is 51.9 Å². The van der Waals surface area contributed by atoms with Crippen molar-refractivity contribution in [1.29, 1.82) is 0 Å². The molecule has 1 aromatic rings. The van der Waals surface area contributed by atoms with E-state index in [4.69, 9.17) is 0 Å². The maximum absolute atomic E-state index is 11.9. The van der Waals surface area contributed by atoms with E-state index in [-0.39, 0.29) is 29.7 Å². The molecular weight excluding hydrogens is 467 g/mol. The first-order valence-corrected chi connectivity index (χ1v) is 10.6. The first kappa shape index (κ1) is 21.4. The molecule has 148 valence electrons. The third-order valence-electron chi connectivity index (χ3n) is 4.83. The van der Waals surface area contributed by atoms with Crippen LogP contribution in [-0.2, 0) is 17.1 Å². The zero-order valence-corrected chi connectivity index (χ0v) is 18.6. The molecule has 0 aromatic carbocycles. The van der Waals surface area contributed by atoms with E-state index in [1.807, 2.05) is 17.9 Å². The van der Waals surface area contributed by atoms with Gasteiger partial charge >= 0.3 is 0 Å². The number of hydrogen-bond acceptors (Lipinski definition) is 4. The van der Waals surface area contributed by atoms with Crippen LogP contribution in [-0.4, -0.2) is 78.4 Å². The monoisotopic (exact) mass is 496 g/mol. The summed E-state index contributed by atoms with van der Waals surface area (Å²) in [5.74, 6) is 1.62. The Morgan fingerprint density at radius 3 is 2.85 bits per heavy atom. The standard InChI is InChI=1S/C16H28N6O2S.HI/c1-3-17-16(18-6-9-22-7-4-10-25(22,23)24)21-8-5-14(13-21)15-11-19-20(2)12-15;/h11-12,14H,3-10,13H2,1-2H3,(H,17,18);1H. The van der Waals surface area contributed by atoms with E-state index in [0.717, 1.165) is 38.4 Å². The Hall–Kier alpha value is -0.880. The van der Waals surface area contributed by atoms with Crippen LogP contribution in [0.15, 0.2) is 17.4 Å². The SMILES string of the molecule is CCNC(=NCCN1CCCS1(=O)=O)N1CCC(c2cnn(C)c2)C1.I. The van der Waals surface area contributed by atoms with Crippen molar-refractivity contribution in [1.82, 2.24) is 24.3 Å². The molecule has 0 bridgehead atoms. The molecule has 2 aliphatic rings. The molecule has 26 heavy (non-hydrogen) atoms. The minimum absolute atomic E-state index is 0. The van der Waals surface area contributed by atoms with Gasteiger partial charge in [0.2, 0.25) is 10.0 Å². The van der Waals surface area contributed by atoms with E-state index in [0.29, 0.717) is 25.6 Å². The Kier molecular flexibility index (Phi) is 7.71. The van der Waals surface area contributed by atoms with Gasteiger partial charge in [-0.3, -0.25) is 9.67 Å². The predicted octanol–water partition coefficient (Wildman–Crippen LogP) is 0.828. The molecule has 0 saturated carbocycles. The molecule has 10 heteroatoms. The summed E-state index contributed by atoms with van der Waals surface area (Å²) in [7, 11) is -1.10. The van der Waals surface area contributed by atoms with E-state index >= 15 is 0 Å². The van der Waals surface area contributed by atoms with Gasteiger partial charge in [-0.15, -0.1) is 24.0 Å². The van der Waals surface area contributed by atoms with Crippen LogP contribution in [0, 0.1) is 0 Å². The average Bonchev–Trinajstić information content (AvgIpc) is 3.27. The Morgan fingerprint density at radius 2 is 2.23 bits per heavy atom. The maximum Gasteiger partial charge on any atom is 0.214 e. The number of aromatic nitrogens is 2. The Bertz CT molecular complexity index is 720. The van der Waals surface area contributed by atoms with E-state index in [2.05, 4.69) is 33.4 Å². The van der Waals surface area contributed by atoms with Crippen LogP contribution in [0.2, 0.25) is 0 Å². The zero-order valence-electron chi connectivity index (χ0n) is 15.5. The van der Waals surface area contributed by atoms with E-state index in [1.54, 1.807) is 4.31 Å². The van der Waals surface area contributed by atoms with E-state index in [1.165, 1.54) is 5.56 Å². The number of likely N-dealkylation sites (tertiary alicyclic amines) is 1. The van der Waals surface area contributed by atoms with Crippen LogP contribution in [0.25, 0.3) is 0 Å². The fourth-order valence-corrected chi connectivity index (χ4v) is 5.03. The third-order valence-corrected chi connectivity index (χ3v) is 6.79. The second-order valence-electron chi connectivity index (χ2n) is 6.68. The highest BCUT2D eigenvalue weighted by Crippen LogP contribution is 2.26. The van der Waals surface area contributed by atoms with Crippen LogP contribution in [0.1, 0.15) is 31.2 Å². The number of halogens is 1. The van der Waals surface area contributed by atoms with Gasteiger partial charge in [0.1, 0.15) is 0 Å². The van der Waals surface area contributed by atoms with Crippen molar-refractivity contribution in [3.8, 4) is 0 Å². The van der Waals surface area contributed by atoms with Crippen LogP contribution in [0.5, 0.6) is 0 Å². The summed E-state index contributed by atoms with van der Waals surface area (Å²) < 4.78 is 27.1. The van der Waals surface area contributed by atoms with Crippen molar-refractivity contribution < 1.29 is 8.42 Å². The van der Waals surface area contributed by atoms with Crippen molar-refractivity contribution in [3.63, 3.8) is 0 Å². The number of aryl methyl sites for hydroxylation is 1. The fourth-order valence-electron chi connectivity index (χ4n) is 3.51. The molecule has 2 aliphatic heterocycles. The molecule has 1 unspecified atom stereocenters. The first-order valence-electron chi connectivity index (χ1n) is 8.99. The Labute approximate surface area is 173 Å². The number of rotatable bonds is 5. The average molecular weight is 496 g/mol. The maximum atomic E-state index is 11.9. The summed E-state index contributed by atoms with van der Waals surface area (Å²) in [4.78, 5) is 6.93. The number of aliphatic imine (C=N–C) groups is 1. The number of hydrogen-bond donors (Lipinski definition) is 1. The van der Waals surface area contributed by atoms with Crippen molar-refractivity contribution in [2.24, 2.45) is 12.0 Å². The van der Waals surface area contributed by atoms with Crippen molar-refractivity contribution in [3.05, 3.63) is 18.0 Å². The quantitative estimate of drug-likeness (QED) is 0.371. The summed E-state index contributed by atoms with van der Waals surface area (Å²) >= 11 is 0. The lowest BCUT2D eigenvalue weighted by molar-refractivity contribution is 0.446. The Morgan fingerprint density at radius 1 is 1.42 bits per heavy atom. The number of guanidine groups is 1. The van der Waals surface area contributed by atoms with Crippen molar-refractivity contribution in [2.45, 2.75) is 25.7 Å². The normalized spacial score (nSPS) is 23.2. The van der Waals surface area contributed by atoms with Crippen LogP contribution < -0.4 is 5.32 Å². The molecular formula is C16H29IN6O2S. The number of nitrogens with one attached hydrogen (secondary N) is 1.